The van der Waals surface area contributed by atoms with Gasteiger partial charge >= 0.3 is 0 Å². The molecule has 1 N–H and O–H groups in total. The fourth-order valence-corrected chi connectivity index (χ4v) is 3.53. The largest absolute Gasteiger partial charge is 0.391 e. The van der Waals surface area contributed by atoms with Crippen molar-refractivity contribution >= 4 is 0 Å². The van der Waals surface area contributed by atoms with Gasteiger partial charge in [0.25, 0.3) is 0 Å². The summed E-state index contributed by atoms with van der Waals surface area (Å²) in [6, 6.07) is 1.13. The molecule has 2 nitrogen and oxygen atoms in total. The average molecular weight is 225 g/mol. The van der Waals surface area contributed by atoms with Crippen molar-refractivity contribution in [3.05, 3.63) is 0 Å². The summed E-state index contributed by atoms with van der Waals surface area (Å²) in [5.41, 5.74) is 0.119. The zero-order valence-electron chi connectivity index (χ0n) is 11.1. The first-order valence-electron chi connectivity index (χ1n) is 6.92. The van der Waals surface area contributed by atoms with Crippen LogP contribution in [0.1, 0.15) is 58.8 Å². The monoisotopic (exact) mass is 225 g/mol. The van der Waals surface area contributed by atoms with Gasteiger partial charge in [-0.15, -0.1) is 0 Å². The van der Waals surface area contributed by atoms with Crippen LogP contribution in [0.25, 0.3) is 0 Å². The highest BCUT2D eigenvalue weighted by molar-refractivity contribution is 4.97. The molecule has 2 unspecified atom stereocenters. The molecule has 0 aromatic carbocycles. The summed E-state index contributed by atoms with van der Waals surface area (Å²) in [7, 11) is 2.23. The molecule has 2 aliphatic carbocycles. The molecule has 2 saturated carbocycles. The van der Waals surface area contributed by atoms with Crippen LogP contribution in [-0.2, 0) is 0 Å². The van der Waals surface area contributed by atoms with Crippen LogP contribution in [0.2, 0.25) is 0 Å². The van der Waals surface area contributed by atoms with E-state index in [-0.39, 0.29) is 11.5 Å². The van der Waals surface area contributed by atoms with Gasteiger partial charge in [0.1, 0.15) is 0 Å². The van der Waals surface area contributed by atoms with Crippen LogP contribution >= 0.6 is 0 Å². The highest BCUT2D eigenvalue weighted by Crippen LogP contribution is 2.40. The summed E-state index contributed by atoms with van der Waals surface area (Å²) in [4.78, 5) is 2.48. The van der Waals surface area contributed by atoms with E-state index in [9.17, 15) is 5.11 Å². The van der Waals surface area contributed by atoms with E-state index >= 15 is 0 Å². The molecular weight excluding hydrogens is 198 g/mol. The first-order chi connectivity index (χ1) is 7.52. The normalized spacial score (nSPS) is 35.8. The first kappa shape index (κ1) is 12.4. The number of aliphatic hydroxyl groups excluding tert-OH is 1. The Morgan fingerprint density at radius 1 is 1.06 bits per heavy atom. The van der Waals surface area contributed by atoms with Crippen molar-refractivity contribution in [2.75, 3.05) is 7.05 Å². The van der Waals surface area contributed by atoms with Crippen LogP contribution in [-0.4, -0.2) is 35.2 Å². The third kappa shape index (κ3) is 2.28. The van der Waals surface area contributed by atoms with Gasteiger partial charge in [0.2, 0.25) is 0 Å². The third-order valence-electron chi connectivity index (χ3n) is 4.92. The Hall–Kier alpha value is -0.0800. The van der Waals surface area contributed by atoms with Gasteiger partial charge in [0.15, 0.2) is 0 Å². The topological polar surface area (TPSA) is 23.5 Å². The summed E-state index contributed by atoms with van der Waals surface area (Å²) < 4.78 is 0. The molecule has 0 aromatic rings. The van der Waals surface area contributed by atoms with Gasteiger partial charge in [-0.3, -0.25) is 4.90 Å². The summed E-state index contributed by atoms with van der Waals surface area (Å²) in [5, 5.41) is 10.4. The molecular formula is C14H27NO. The number of rotatable bonds is 2. The van der Waals surface area contributed by atoms with E-state index < -0.39 is 0 Å². The van der Waals surface area contributed by atoms with Crippen LogP contribution in [0.15, 0.2) is 0 Å². The molecule has 2 rings (SSSR count). The molecule has 2 atom stereocenters. The molecule has 0 aromatic heterocycles. The van der Waals surface area contributed by atoms with Gasteiger partial charge in [-0.1, -0.05) is 33.1 Å². The third-order valence-corrected chi connectivity index (χ3v) is 4.92. The fraction of sp³-hybridized carbons (Fsp3) is 1.00. The lowest BCUT2D eigenvalue weighted by Crippen LogP contribution is -2.47. The Balaban J connectivity index is 1.97. The summed E-state index contributed by atoms with van der Waals surface area (Å²) in [6.45, 7) is 4.40. The van der Waals surface area contributed by atoms with Crippen LogP contribution < -0.4 is 0 Å². The number of nitrogens with zero attached hydrogens (tertiary/aromatic N) is 1. The van der Waals surface area contributed by atoms with Crippen molar-refractivity contribution in [2.24, 2.45) is 5.41 Å². The zero-order valence-corrected chi connectivity index (χ0v) is 11.1. The minimum Gasteiger partial charge on any atom is -0.391 e. The van der Waals surface area contributed by atoms with Crippen LogP contribution in [0.5, 0.6) is 0 Å². The van der Waals surface area contributed by atoms with Crippen molar-refractivity contribution in [1.29, 1.82) is 0 Å². The Bertz CT molecular complexity index is 233. The first-order valence-corrected chi connectivity index (χ1v) is 6.92. The molecule has 94 valence electrons. The highest BCUT2D eigenvalue weighted by Gasteiger charge is 2.43. The molecule has 16 heavy (non-hydrogen) atoms. The minimum atomic E-state index is -0.139. The Labute approximate surface area is 100 Å². The van der Waals surface area contributed by atoms with Crippen molar-refractivity contribution in [3.8, 4) is 0 Å². The van der Waals surface area contributed by atoms with E-state index in [4.69, 9.17) is 0 Å². The summed E-state index contributed by atoms with van der Waals surface area (Å²) >= 11 is 0. The van der Waals surface area contributed by atoms with Gasteiger partial charge in [0, 0.05) is 12.1 Å². The predicted octanol–water partition coefficient (Wildman–Crippen LogP) is 2.80. The Kier molecular flexibility index (Phi) is 3.60. The highest BCUT2D eigenvalue weighted by atomic mass is 16.3. The lowest BCUT2D eigenvalue weighted by atomic mass is 9.88. The second kappa shape index (κ2) is 4.66. The SMILES string of the molecule is CN(C1CCCCC1)C1CCC(C)(C)C1O. The number of aliphatic hydroxyl groups is 1. The van der Waals surface area contributed by atoms with Gasteiger partial charge in [0.05, 0.1) is 6.10 Å². The number of likely N-dealkylation sites (N-methyl/N-ethyl adjacent to an activating group) is 1. The second-order valence-electron chi connectivity index (χ2n) is 6.50. The summed E-state index contributed by atoms with van der Waals surface area (Å²) in [5.74, 6) is 0. The standard InChI is InChI=1S/C14H27NO/c1-14(2)10-9-12(13(14)16)15(3)11-7-5-4-6-8-11/h11-13,16H,4-10H2,1-3H3. The van der Waals surface area contributed by atoms with Gasteiger partial charge in [-0.25, -0.2) is 0 Å². The molecule has 0 saturated heterocycles. The van der Waals surface area contributed by atoms with Crippen LogP contribution in [0.3, 0.4) is 0 Å². The number of hydrogen-bond acceptors (Lipinski definition) is 2. The molecule has 0 bridgehead atoms. The van der Waals surface area contributed by atoms with Crippen molar-refractivity contribution in [1.82, 2.24) is 4.90 Å². The van der Waals surface area contributed by atoms with Crippen molar-refractivity contribution in [3.63, 3.8) is 0 Å². The average Bonchev–Trinajstić information content (AvgIpc) is 2.55. The fourth-order valence-electron chi connectivity index (χ4n) is 3.53. The lowest BCUT2D eigenvalue weighted by molar-refractivity contribution is 0.00368. The molecule has 0 aliphatic heterocycles. The van der Waals surface area contributed by atoms with E-state index in [0.717, 1.165) is 12.5 Å². The molecule has 0 spiro atoms. The molecule has 0 radical (unpaired) electrons. The maximum absolute atomic E-state index is 10.4. The van der Waals surface area contributed by atoms with Crippen molar-refractivity contribution in [2.45, 2.75) is 77.0 Å². The Morgan fingerprint density at radius 3 is 2.19 bits per heavy atom. The molecule has 0 amide bonds. The summed E-state index contributed by atoms with van der Waals surface area (Å²) in [6.07, 6.45) is 9.02. The molecule has 2 heteroatoms. The smallest absolute Gasteiger partial charge is 0.0746 e. The minimum absolute atomic E-state index is 0.119. The number of hydrogen-bond donors (Lipinski definition) is 1. The van der Waals surface area contributed by atoms with E-state index in [1.54, 1.807) is 0 Å². The predicted molar refractivity (Wildman–Crippen MR) is 67.4 cm³/mol. The zero-order chi connectivity index (χ0) is 11.8. The maximum atomic E-state index is 10.4. The van der Waals surface area contributed by atoms with Crippen molar-refractivity contribution < 1.29 is 5.11 Å². The molecule has 2 fully saturated rings. The van der Waals surface area contributed by atoms with Crippen LogP contribution in [0.4, 0.5) is 0 Å². The van der Waals surface area contributed by atoms with Crippen LogP contribution in [0, 0.1) is 5.41 Å². The van der Waals surface area contributed by atoms with E-state index in [2.05, 4.69) is 25.8 Å². The molecule has 2 aliphatic rings. The van der Waals surface area contributed by atoms with Gasteiger partial charge in [-0.2, -0.15) is 0 Å². The second-order valence-corrected chi connectivity index (χ2v) is 6.50. The quantitative estimate of drug-likeness (QED) is 0.781. The maximum Gasteiger partial charge on any atom is 0.0746 e. The van der Waals surface area contributed by atoms with Gasteiger partial charge < -0.3 is 5.11 Å². The van der Waals surface area contributed by atoms with E-state index in [1.165, 1.54) is 38.5 Å². The lowest BCUT2D eigenvalue weighted by Gasteiger charge is -2.38. The van der Waals surface area contributed by atoms with Gasteiger partial charge in [-0.05, 0) is 38.1 Å². The van der Waals surface area contributed by atoms with E-state index in [1.807, 2.05) is 0 Å². The Morgan fingerprint density at radius 2 is 1.69 bits per heavy atom. The van der Waals surface area contributed by atoms with E-state index in [0.29, 0.717) is 6.04 Å². The molecule has 0 heterocycles.